The maximum Gasteiger partial charge on any atom is 2.00 e. The van der Waals surface area contributed by atoms with Gasteiger partial charge >= 0.3 is 27.1 Å². The van der Waals surface area contributed by atoms with Gasteiger partial charge in [0, 0.05) is 49.1 Å². The Morgan fingerprint density at radius 1 is 0.590 bits per heavy atom. The number of hydrogen-bond acceptors (Lipinski definition) is 2. The zero-order valence-electron chi connectivity index (χ0n) is 52.1. The van der Waals surface area contributed by atoms with Crippen LogP contribution < -0.4 is 13.9 Å². The van der Waals surface area contributed by atoms with Crippen LogP contribution in [-0.4, -0.2) is 15.6 Å². The largest absolute Gasteiger partial charge is 2.00 e. The summed E-state index contributed by atoms with van der Waals surface area (Å²) in [4.78, 5) is 5.08. The van der Waals surface area contributed by atoms with E-state index < -0.39 is 13.7 Å². The zero-order valence-corrected chi connectivity index (χ0v) is 48.4. The fourth-order valence-electron chi connectivity index (χ4n) is 11.6. The number of benzene rings is 8. The topological polar surface area (TPSA) is 33.1 Å². The molecule has 3 heterocycles. The van der Waals surface area contributed by atoms with E-state index in [1.807, 2.05) is 63.7 Å². The number of fused-ring (bicyclic) bond motifs is 5. The maximum absolute atomic E-state index is 8.99. The van der Waals surface area contributed by atoms with Crippen LogP contribution >= 0.6 is 0 Å². The van der Waals surface area contributed by atoms with Crippen LogP contribution in [0.5, 0.6) is 11.5 Å². The Bertz CT molecular complexity index is 4310. The monoisotopic (exact) mass is 1210 g/mol. The molecule has 0 radical (unpaired) electrons. The first-order valence-electron chi connectivity index (χ1n) is 29.8. The van der Waals surface area contributed by atoms with Crippen molar-refractivity contribution in [3.05, 3.63) is 216 Å². The van der Waals surface area contributed by atoms with E-state index in [9.17, 15) is 0 Å². The van der Waals surface area contributed by atoms with Crippen molar-refractivity contribution in [2.45, 2.75) is 117 Å². The molecule has 0 fully saturated rings. The molecular formula is C72H68N4OPt+2. The van der Waals surface area contributed by atoms with Gasteiger partial charge < -0.3 is 9.30 Å². The fourth-order valence-corrected chi connectivity index (χ4v) is 11.6. The van der Waals surface area contributed by atoms with Crippen molar-refractivity contribution < 1.29 is 34.0 Å². The van der Waals surface area contributed by atoms with Gasteiger partial charge in [-0.15, -0.1) is 23.6 Å². The molecule has 0 unspecified atom stereocenters. The Morgan fingerprint density at radius 3 is 1.96 bits per heavy atom. The van der Waals surface area contributed by atoms with Crippen LogP contribution in [0.3, 0.4) is 0 Å². The van der Waals surface area contributed by atoms with Crippen molar-refractivity contribution in [1.29, 1.82) is 0 Å². The molecule has 1 aliphatic carbocycles. The average Bonchev–Trinajstić information content (AvgIpc) is 1.42. The predicted molar refractivity (Wildman–Crippen MR) is 322 cm³/mol. The van der Waals surface area contributed by atoms with E-state index in [4.69, 9.17) is 17.9 Å². The number of pyridine rings is 1. The van der Waals surface area contributed by atoms with Crippen LogP contribution in [0, 0.1) is 25.8 Å². The van der Waals surface area contributed by atoms with Crippen molar-refractivity contribution in [2.24, 2.45) is 0 Å². The summed E-state index contributed by atoms with van der Waals surface area (Å²) in [5.74, 6) is 1.14. The molecular weight excluding hydrogens is 1130 g/mol. The molecule has 0 bridgehead atoms. The van der Waals surface area contributed by atoms with E-state index in [-0.39, 0.29) is 53.9 Å². The minimum atomic E-state index is -2.51. The SMILES string of the molecule is [2H]C([2H])([2H])c1ccc2c(c1)c1ccc(Oc3[c-]c([N+]4=C=[N+](c5c(-c6ccccc6)cccc5-c5cc(C(C)(C)C)cc(C(C)(C)C)c5)c5ccccc54)ccc3)[c-]c1n2-c1cc(C([2H])([2H])[2H])c(-c2cccc3c2C(C)(C)CCC3(C)C)cn1.[Pt+2]. The van der Waals surface area contributed by atoms with Gasteiger partial charge in [0.25, 0.3) is 11.4 Å². The second-order valence-corrected chi connectivity index (χ2v) is 24.4. The van der Waals surface area contributed by atoms with Gasteiger partial charge in [-0.3, -0.25) is 0 Å². The van der Waals surface area contributed by atoms with Gasteiger partial charge in [0.05, 0.1) is 11.1 Å². The molecule has 2 aromatic heterocycles. The summed E-state index contributed by atoms with van der Waals surface area (Å²) < 4.78 is 64.8. The number of nitrogens with zero attached hydrogens (tertiary/aromatic N) is 4. The van der Waals surface area contributed by atoms with Gasteiger partial charge in [-0.25, -0.2) is 4.98 Å². The summed E-state index contributed by atoms with van der Waals surface area (Å²) in [5, 5.41) is 1.36. The predicted octanol–water partition coefficient (Wildman–Crippen LogP) is 19.0. The summed E-state index contributed by atoms with van der Waals surface area (Å²) in [5.41, 5.74) is 15.3. The van der Waals surface area contributed by atoms with E-state index >= 15 is 0 Å². The van der Waals surface area contributed by atoms with Gasteiger partial charge in [-0.2, -0.15) is 12.1 Å². The first-order chi connectivity index (χ1) is 39.2. The fraction of sp³-hybridized carbons (Fsp3) is 0.250. The molecule has 0 saturated heterocycles. The summed E-state index contributed by atoms with van der Waals surface area (Å²) in [6.07, 6.45) is 3.67. The smallest absolute Gasteiger partial charge is 0.509 e. The third-order valence-electron chi connectivity index (χ3n) is 16.0. The van der Waals surface area contributed by atoms with Crippen LogP contribution in [0.15, 0.2) is 170 Å². The molecule has 6 heteroatoms. The molecule has 0 amide bonds. The maximum atomic E-state index is 8.99. The number of para-hydroxylation sites is 3. The molecule has 12 rings (SSSR count). The molecule has 2 aliphatic rings. The van der Waals surface area contributed by atoms with Gasteiger partial charge in [0.1, 0.15) is 11.5 Å². The van der Waals surface area contributed by atoms with Crippen LogP contribution in [0.4, 0.5) is 22.7 Å². The molecule has 0 N–H and O–H groups in total. The van der Waals surface area contributed by atoms with Gasteiger partial charge in [-0.05, 0) is 127 Å². The molecule has 0 saturated carbocycles. The molecule has 0 atom stereocenters. The third-order valence-corrected chi connectivity index (χ3v) is 16.0. The Kier molecular flexibility index (Phi) is 11.4. The third kappa shape index (κ3) is 9.29. The number of aryl methyl sites for hydroxylation is 2. The van der Waals surface area contributed by atoms with Crippen LogP contribution in [0.25, 0.3) is 61.0 Å². The van der Waals surface area contributed by atoms with Crippen molar-refractivity contribution in [3.63, 3.8) is 0 Å². The number of ether oxygens (including phenoxy) is 1. The van der Waals surface area contributed by atoms with Crippen LogP contribution in [-0.2, 0) is 42.7 Å². The Hall–Kier alpha value is -7.42. The Morgan fingerprint density at radius 2 is 1.24 bits per heavy atom. The van der Waals surface area contributed by atoms with Crippen LogP contribution in [0.2, 0.25) is 0 Å². The van der Waals surface area contributed by atoms with E-state index in [1.54, 1.807) is 30.5 Å². The zero-order chi connectivity index (χ0) is 58.8. The second-order valence-electron chi connectivity index (χ2n) is 24.4. The summed E-state index contributed by atoms with van der Waals surface area (Å²) in [6.45, 7) is 17.7. The number of rotatable bonds is 8. The minimum Gasteiger partial charge on any atom is -0.509 e. The minimum absolute atomic E-state index is 0. The standard InChI is InChI=1S/C72H68N4O.Pt/c1-46-31-34-62-59(37-46)57-33-32-54(43-65(57)76(62)66-38-47(2)60(44-73-66)58-27-20-28-61-67(58)72(11,12)36-35-71(61,9)10)77-53-24-18-23-52(42-53)74-45-75(64-30-17-16-29-63(64)74)68-55(48-21-14-13-15-22-48)25-19-26-56(68)49-39-50(69(3,4)5)41-51(40-49)70(6,7)8;/h13-34,37-41,44H,35-36H2,1-12H3;/q;+2/i1D3,2D3;. The first kappa shape index (κ1) is 45.6. The summed E-state index contributed by atoms with van der Waals surface area (Å²) in [6, 6.07) is 65.8. The average molecular weight is 1210 g/mol. The Balaban J connectivity index is 0.00000736. The molecule has 78 heavy (non-hydrogen) atoms. The van der Waals surface area contributed by atoms with Crippen molar-refractivity contribution in [1.82, 2.24) is 18.7 Å². The molecule has 8 aromatic carbocycles. The molecule has 1 aliphatic heterocycles. The first-order valence-corrected chi connectivity index (χ1v) is 26.8. The van der Waals surface area contributed by atoms with Crippen molar-refractivity contribution in [2.75, 3.05) is 0 Å². The quantitative estimate of drug-likeness (QED) is 0.112. The number of hydrogen-bond donors (Lipinski definition) is 0. The van der Waals surface area contributed by atoms with E-state index in [0.29, 0.717) is 50.4 Å². The van der Waals surface area contributed by atoms with E-state index in [1.165, 1.54) is 16.7 Å². The normalized spacial score (nSPS) is 16.1. The molecule has 5 nitrogen and oxygen atoms in total. The van der Waals surface area contributed by atoms with E-state index in [2.05, 4.69) is 177 Å². The van der Waals surface area contributed by atoms with Gasteiger partial charge in [0.15, 0.2) is 0 Å². The van der Waals surface area contributed by atoms with Gasteiger partial charge in [-0.1, -0.05) is 194 Å². The number of aromatic nitrogens is 2. The summed E-state index contributed by atoms with van der Waals surface area (Å²) in [7, 11) is 0. The second kappa shape index (κ2) is 19.5. The summed E-state index contributed by atoms with van der Waals surface area (Å²) >= 11 is 0. The van der Waals surface area contributed by atoms with Crippen molar-refractivity contribution in [3.8, 4) is 50.7 Å². The molecule has 0 spiro atoms. The molecule has 10 aromatic rings. The molecule has 390 valence electrons. The van der Waals surface area contributed by atoms with Crippen LogP contribution in [0.1, 0.15) is 124 Å². The van der Waals surface area contributed by atoms with E-state index in [0.717, 1.165) is 63.3 Å². The Labute approximate surface area is 484 Å². The van der Waals surface area contributed by atoms with Gasteiger partial charge in [0.2, 0.25) is 5.69 Å². The van der Waals surface area contributed by atoms with Crippen molar-refractivity contribution >= 4 is 50.6 Å².